The molecule has 0 radical (unpaired) electrons. The van der Waals surface area contributed by atoms with Gasteiger partial charge >= 0.3 is 0 Å². The van der Waals surface area contributed by atoms with E-state index in [1.807, 2.05) is 32.2 Å². The first-order valence-corrected chi connectivity index (χ1v) is 10.3. The monoisotopic (exact) mass is 415 g/mol. The average molecular weight is 416 g/mol. The molecule has 3 rings (SSSR count). The lowest BCUT2D eigenvalue weighted by Crippen LogP contribution is -2.32. The summed E-state index contributed by atoms with van der Waals surface area (Å²) in [5.41, 5.74) is 1.54. The number of likely N-dealkylation sites (tertiary alicyclic amines) is 1. The highest BCUT2D eigenvalue weighted by Gasteiger charge is 2.46. The van der Waals surface area contributed by atoms with Gasteiger partial charge in [-0.25, -0.2) is 0 Å². The molecule has 1 aromatic carbocycles. The summed E-state index contributed by atoms with van der Waals surface area (Å²) in [6.07, 6.45) is 0.0300. The van der Waals surface area contributed by atoms with Gasteiger partial charge in [-0.3, -0.25) is 9.59 Å². The fourth-order valence-corrected chi connectivity index (χ4v) is 4.40. The van der Waals surface area contributed by atoms with Crippen molar-refractivity contribution in [3.05, 3.63) is 57.3 Å². The van der Waals surface area contributed by atoms with Crippen molar-refractivity contribution < 1.29 is 24.2 Å². The Morgan fingerprint density at radius 2 is 1.90 bits per heavy atom. The number of methoxy groups -OCH3 is 1. The number of aliphatic hydroxyl groups excluding tert-OH is 1. The van der Waals surface area contributed by atoms with Gasteiger partial charge in [0.15, 0.2) is 0 Å². The van der Waals surface area contributed by atoms with Crippen LogP contribution in [0.15, 0.2) is 41.3 Å². The Morgan fingerprint density at radius 3 is 2.45 bits per heavy atom. The zero-order valence-electron chi connectivity index (χ0n) is 17.0. The minimum atomic E-state index is -0.682. The van der Waals surface area contributed by atoms with E-state index >= 15 is 0 Å². The number of benzene rings is 1. The average Bonchev–Trinajstić information content (AvgIpc) is 3.21. The largest absolute Gasteiger partial charge is 0.507 e. The fraction of sp³-hybridized carbons (Fsp3) is 0.364. The summed E-state index contributed by atoms with van der Waals surface area (Å²) in [6, 6.07) is 8.16. The molecule has 2 heterocycles. The molecule has 7 heteroatoms. The van der Waals surface area contributed by atoms with E-state index in [1.165, 1.54) is 16.2 Å². The van der Waals surface area contributed by atoms with Crippen molar-refractivity contribution in [2.24, 2.45) is 0 Å². The summed E-state index contributed by atoms with van der Waals surface area (Å²) < 4.78 is 10.7. The van der Waals surface area contributed by atoms with Gasteiger partial charge in [0.2, 0.25) is 0 Å². The third kappa shape index (κ3) is 4.21. The number of amides is 1. The Labute approximate surface area is 174 Å². The molecule has 6 nitrogen and oxygen atoms in total. The van der Waals surface area contributed by atoms with Crippen molar-refractivity contribution in [3.63, 3.8) is 0 Å². The van der Waals surface area contributed by atoms with E-state index in [-0.39, 0.29) is 24.0 Å². The van der Waals surface area contributed by atoms with Gasteiger partial charge in [0, 0.05) is 24.1 Å². The van der Waals surface area contributed by atoms with E-state index in [1.54, 1.807) is 31.4 Å². The number of carbonyl (C=O) groups is 2. The van der Waals surface area contributed by atoms with E-state index < -0.39 is 17.7 Å². The number of Topliss-reactive ketones (excluding diaryl/α,β-unsaturated/α-hetero) is 1. The summed E-state index contributed by atoms with van der Waals surface area (Å²) in [7, 11) is 1.54. The predicted molar refractivity (Wildman–Crippen MR) is 112 cm³/mol. The van der Waals surface area contributed by atoms with E-state index in [4.69, 9.17) is 9.47 Å². The Kier molecular flexibility index (Phi) is 6.39. The van der Waals surface area contributed by atoms with Gasteiger partial charge in [-0.1, -0.05) is 0 Å². The maximum atomic E-state index is 12.9. The van der Waals surface area contributed by atoms with Crippen molar-refractivity contribution in [1.29, 1.82) is 0 Å². The highest BCUT2D eigenvalue weighted by atomic mass is 32.1. The molecule has 0 saturated carbocycles. The van der Waals surface area contributed by atoms with Gasteiger partial charge in [0.05, 0.1) is 24.3 Å². The summed E-state index contributed by atoms with van der Waals surface area (Å²) >= 11 is 1.46. The number of ether oxygens (including phenoxy) is 2. The van der Waals surface area contributed by atoms with E-state index in [9.17, 15) is 14.7 Å². The Balaban J connectivity index is 2.07. The summed E-state index contributed by atoms with van der Waals surface area (Å²) in [5.74, 6) is -0.819. The third-order valence-corrected chi connectivity index (χ3v) is 5.80. The van der Waals surface area contributed by atoms with Gasteiger partial charge in [0.25, 0.3) is 11.7 Å². The molecular weight excluding hydrogens is 390 g/mol. The molecule has 0 aliphatic carbocycles. The topological polar surface area (TPSA) is 76.1 Å². The molecule has 1 unspecified atom stereocenters. The van der Waals surface area contributed by atoms with Crippen LogP contribution >= 0.6 is 11.3 Å². The van der Waals surface area contributed by atoms with Crippen molar-refractivity contribution in [3.8, 4) is 5.75 Å². The van der Waals surface area contributed by atoms with Crippen LogP contribution in [0.1, 0.15) is 35.9 Å². The molecule has 1 fully saturated rings. The number of aryl methyl sites for hydroxylation is 1. The maximum Gasteiger partial charge on any atom is 0.295 e. The number of nitrogens with zero attached hydrogens (tertiary/aromatic N) is 1. The zero-order chi connectivity index (χ0) is 21.1. The highest BCUT2D eigenvalue weighted by Crippen LogP contribution is 2.42. The van der Waals surface area contributed by atoms with Gasteiger partial charge < -0.3 is 19.5 Å². The lowest BCUT2D eigenvalue weighted by atomic mass is 9.98. The first-order chi connectivity index (χ1) is 13.8. The summed E-state index contributed by atoms with van der Waals surface area (Å²) in [6.45, 7) is 6.36. The second-order valence-corrected chi connectivity index (χ2v) is 8.09. The summed E-state index contributed by atoms with van der Waals surface area (Å²) in [5, 5.41) is 12.9. The van der Waals surface area contributed by atoms with Crippen LogP contribution in [-0.4, -0.2) is 48.1 Å². The lowest BCUT2D eigenvalue weighted by Gasteiger charge is -2.24. The van der Waals surface area contributed by atoms with Crippen molar-refractivity contribution >= 4 is 28.8 Å². The molecule has 1 N–H and O–H groups in total. The molecular formula is C22H25NO5S. The van der Waals surface area contributed by atoms with E-state index in [0.29, 0.717) is 17.9 Å². The van der Waals surface area contributed by atoms with Crippen LogP contribution < -0.4 is 4.74 Å². The standard InChI is InChI=1S/C22H25NO5S/c1-13(2)28-16-7-5-15(6-8-16)19(24)17-18(21-14(3)9-12-29-21)23(10-11-27-4)22(26)20(17)25/h5-9,12-13,18,24H,10-11H2,1-4H3/b19-17-. The second kappa shape index (κ2) is 8.80. The summed E-state index contributed by atoms with van der Waals surface area (Å²) in [4.78, 5) is 27.9. The highest BCUT2D eigenvalue weighted by molar-refractivity contribution is 7.10. The van der Waals surface area contributed by atoms with Crippen LogP contribution in [0.25, 0.3) is 5.76 Å². The predicted octanol–water partition coefficient (Wildman–Crippen LogP) is 3.91. The molecule has 2 aromatic rings. The molecule has 1 saturated heterocycles. The fourth-order valence-electron chi connectivity index (χ4n) is 3.36. The quantitative estimate of drug-likeness (QED) is 0.422. The minimum Gasteiger partial charge on any atom is -0.507 e. The van der Waals surface area contributed by atoms with Crippen LogP contribution in [0.2, 0.25) is 0 Å². The first-order valence-electron chi connectivity index (χ1n) is 9.43. The number of carbonyl (C=O) groups excluding carboxylic acids is 2. The molecule has 0 bridgehead atoms. The van der Waals surface area contributed by atoms with Crippen LogP contribution in [0, 0.1) is 6.92 Å². The van der Waals surface area contributed by atoms with Gasteiger partial charge in [0.1, 0.15) is 11.5 Å². The number of hydrogen-bond donors (Lipinski definition) is 1. The molecule has 1 aromatic heterocycles. The van der Waals surface area contributed by atoms with Gasteiger partial charge in [-0.15, -0.1) is 11.3 Å². The smallest absolute Gasteiger partial charge is 0.295 e. The van der Waals surface area contributed by atoms with E-state index in [0.717, 1.165) is 10.4 Å². The number of ketones is 1. The van der Waals surface area contributed by atoms with Crippen LogP contribution in [0.5, 0.6) is 5.75 Å². The van der Waals surface area contributed by atoms with Gasteiger partial charge in [-0.2, -0.15) is 0 Å². The van der Waals surface area contributed by atoms with Crippen molar-refractivity contribution in [2.45, 2.75) is 32.9 Å². The number of aliphatic hydroxyl groups is 1. The third-order valence-electron chi connectivity index (χ3n) is 4.73. The van der Waals surface area contributed by atoms with Crippen LogP contribution in [0.3, 0.4) is 0 Å². The molecule has 1 amide bonds. The number of rotatable bonds is 7. The zero-order valence-corrected chi connectivity index (χ0v) is 17.8. The van der Waals surface area contributed by atoms with E-state index in [2.05, 4.69) is 0 Å². The molecule has 1 atom stereocenters. The van der Waals surface area contributed by atoms with Crippen LogP contribution in [0.4, 0.5) is 0 Å². The van der Waals surface area contributed by atoms with Crippen molar-refractivity contribution in [1.82, 2.24) is 4.90 Å². The van der Waals surface area contributed by atoms with Gasteiger partial charge in [-0.05, 0) is 62.0 Å². The minimum absolute atomic E-state index is 0.0300. The normalized spacial score (nSPS) is 18.7. The molecule has 29 heavy (non-hydrogen) atoms. The number of thiophene rings is 1. The van der Waals surface area contributed by atoms with Crippen LogP contribution in [-0.2, 0) is 14.3 Å². The molecule has 1 aliphatic heterocycles. The Morgan fingerprint density at radius 1 is 1.21 bits per heavy atom. The molecule has 0 spiro atoms. The van der Waals surface area contributed by atoms with Crippen molar-refractivity contribution in [2.75, 3.05) is 20.3 Å². The first kappa shape index (κ1) is 21.1. The lowest BCUT2D eigenvalue weighted by molar-refractivity contribution is -0.140. The molecule has 154 valence electrons. The maximum absolute atomic E-state index is 12.9. The second-order valence-electron chi connectivity index (χ2n) is 7.14. The SMILES string of the molecule is COCCN1C(=O)C(=O)/C(=C(\O)c2ccc(OC(C)C)cc2)C1c1sccc1C. The Hall–Kier alpha value is -2.64. The molecule has 1 aliphatic rings. The Bertz CT molecular complexity index is 929. The number of hydrogen-bond acceptors (Lipinski definition) is 6.